The zero-order valence-corrected chi connectivity index (χ0v) is 11.4. The minimum atomic E-state index is -0.931. The molecule has 0 saturated carbocycles. The molecular formula is C15H9BrFNO. The van der Waals surface area contributed by atoms with Crippen LogP contribution in [-0.2, 0) is 0 Å². The summed E-state index contributed by atoms with van der Waals surface area (Å²) in [6.45, 7) is 0. The maximum absolute atomic E-state index is 13.1. The molecule has 0 amide bonds. The van der Waals surface area contributed by atoms with Crippen LogP contribution in [0.15, 0.2) is 53.0 Å². The topological polar surface area (TPSA) is 40.9 Å². The summed E-state index contributed by atoms with van der Waals surface area (Å²) in [5.41, 5.74) is 0.790. The molecule has 2 nitrogen and oxygen atoms in total. The van der Waals surface area contributed by atoms with E-state index in [9.17, 15) is 14.4 Å². The van der Waals surface area contributed by atoms with Crippen LogP contribution in [-0.4, -0.2) is 5.78 Å². The van der Waals surface area contributed by atoms with Crippen molar-refractivity contribution < 1.29 is 9.18 Å². The standard InChI is InChI=1S/C15H9BrFNO/c16-12-5-1-3-10(7-12)14(9-18)15(19)11-4-2-6-13(17)8-11/h1-8,14H. The van der Waals surface area contributed by atoms with Gasteiger partial charge in [-0.05, 0) is 29.8 Å². The third-order valence-corrected chi connectivity index (χ3v) is 3.18. The van der Waals surface area contributed by atoms with Crippen LogP contribution in [0.2, 0.25) is 0 Å². The zero-order chi connectivity index (χ0) is 13.8. The van der Waals surface area contributed by atoms with Crippen LogP contribution in [0.1, 0.15) is 21.8 Å². The first-order chi connectivity index (χ1) is 9.11. The number of hydrogen-bond donors (Lipinski definition) is 0. The third kappa shape index (κ3) is 3.07. The minimum Gasteiger partial charge on any atom is -0.292 e. The van der Waals surface area contributed by atoms with Gasteiger partial charge in [-0.15, -0.1) is 0 Å². The fourth-order valence-corrected chi connectivity index (χ4v) is 2.20. The van der Waals surface area contributed by atoms with Crippen molar-refractivity contribution in [3.8, 4) is 6.07 Å². The van der Waals surface area contributed by atoms with E-state index in [1.54, 1.807) is 18.2 Å². The highest BCUT2D eigenvalue weighted by molar-refractivity contribution is 9.10. The van der Waals surface area contributed by atoms with Crippen LogP contribution in [0, 0.1) is 17.1 Å². The monoisotopic (exact) mass is 317 g/mol. The molecule has 0 aliphatic heterocycles. The molecule has 0 N–H and O–H groups in total. The van der Waals surface area contributed by atoms with Crippen molar-refractivity contribution in [2.45, 2.75) is 5.92 Å². The van der Waals surface area contributed by atoms with Crippen molar-refractivity contribution in [2.75, 3.05) is 0 Å². The van der Waals surface area contributed by atoms with Gasteiger partial charge in [0.1, 0.15) is 11.7 Å². The Kier molecular flexibility index (Phi) is 4.08. The van der Waals surface area contributed by atoms with Crippen molar-refractivity contribution in [3.63, 3.8) is 0 Å². The van der Waals surface area contributed by atoms with E-state index in [1.807, 2.05) is 12.1 Å². The molecular weight excluding hydrogens is 309 g/mol. The van der Waals surface area contributed by atoms with Crippen LogP contribution >= 0.6 is 15.9 Å². The summed E-state index contributed by atoms with van der Waals surface area (Å²) in [6, 6.07) is 14.3. The highest BCUT2D eigenvalue weighted by atomic mass is 79.9. The lowest BCUT2D eigenvalue weighted by atomic mass is 9.92. The van der Waals surface area contributed by atoms with Crippen LogP contribution in [0.4, 0.5) is 4.39 Å². The number of nitrogens with zero attached hydrogens (tertiary/aromatic N) is 1. The summed E-state index contributed by atoms with van der Waals surface area (Å²) in [5, 5.41) is 9.19. The SMILES string of the molecule is N#CC(C(=O)c1cccc(F)c1)c1cccc(Br)c1. The fraction of sp³-hybridized carbons (Fsp3) is 0.0667. The van der Waals surface area contributed by atoms with Crippen molar-refractivity contribution in [1.82, 2.24) is 0 Å². The average Bonchev–Trinajstić information content (AvgIpc) is 2.39. The molecule has 0 heterocycles. The molecule has 0 aromatic heterocycles. The van der Waals surface area contributed by atoms with Gasteiger partial charge in [0.25, 0.3) is 0 Å². The number of halogens is 2. The second-order valence-electron chi connectivity index (χ2n) is 3.99. The van der Waals surface area contributed by atoms with Gasteiger partial charge in [-0.3, -0.25) is 4.79 Å². The fourth-order valence-electron chi connectivity index (χ4n) is 1.78. The Morgan fingerprint density at radius 1 is 1.21 bits per heavy atom. The highest BCUT2D eigenvalue weighted by Gasteiger charge is 2.22. The van der Waals surface area contributed by atoms with E-state index < -0.39 is 17.5 Å². The van der Waals surface area contributed by atoms with E-state index in [2.05, 4.69) is 15.9 Å². The van der Waals surface area contributed by atoms with Gasteiger partial charge < -0.3 is 0 Å². The van der Waals surface area contributed by atoms with E-state index in [-0.39, 0.29) is 5.56 Å². The van der Waals surface area contributed by atoms with Gasteiger partial charge in [0.2, 0.25) is 0 Å². The Morgan fingerprint density at radius 2 is 1.95 bits per heavy atom. The van der Waals surface area contributed by atoms with Gasteiger partial charge in [-0.25, -0.2) is 4.39 Å². The van der Waals surface area contributed by atoms with Gasteiger partial charge in [0, 0.05) is 10.0 Å². The first-order valence-electron chi connectivity index (χ1n) is 5.56. The molecule has 2 aromatic rings. The quantitative estimate of drug-likeness (QED) is 0.800. The predicted octanol–water partition coefficient (Wildman–Crippen LogP) is 4.08. The maximum Gasteiger partial charge on any atom is 0.184 e. The lowest BCUT2D eigenvalue weighted by Gasteiger charge is -2.09. The number of benzene rings is 2. The second kappa shape index (κ2) is 5.77. The Morgan fingerprint density at radius 3 is 2.58 bits per heavy atom. The molecule has 94 valence electrons. The zero-order valence-electron chi connectivity index (χ0n) is 9.81. The van der Waals surface area contributed by atoms with Gasteiger partial charge in [-0.1, -0.05) is 40.2 Å². The average molecular weight is 318 g/mol. The number of ketones is 1. The van der Waals surface area contributed by atoms with Crippen molar-refractivity contribution in [1.29, 1.82) is 5.26 Å². The molecule has 2 aromatic carbocycles. The Bertz CT molecular complexity index is 663. The number of Topliss-reactive ketones (excluding diaryl/α,β-unsaturated/α-hetero) is 1. The molecule has 1 unspecified atom stereocenters. The highest BCUT2D eigenvalue weighted by Crippen LogP contribution is 2.23. The number of rotatable bonds is 3. The van der Waals surface area contributed by atoms with Crippen LogP contribution in [0.5, 0.6) is 0 Å². The van der Waals surface area contributed by atoms with Gasteiger partial charge in [0.05, 0.1) is 6.07 Å². The number of carbonyl (C=O) groups excluding carboxylic acids is 1. The van der Waals surface area contributed by atoms with Gasteiger partial charge in [-0.2, -0.15) is 5.26 Å². The smallest absolute Gasteiger partial charge is 0.184 e. The van der Waals surface area contributed by atoms with Crippen molar-refractivity contribution >= 4 is 21.7 Å². The molecule has 19 heavy (non-hydrogen) atoms. The molecule has 4 heteroatoms. The number of nitriles is 1. The van der Waals surface area contributed by atoms with Crippen LogP contribution in [0.3, 0.4) is 0 Å². The lowest BCUT2D eigenvalue weighted by molar-refractivity contribution is 0.0978. The first kappa shape index (κ1) is 13.4. The normalized spacial score (nSPS) is 11.6. The van der Waals surface area contributed by atoms with Crippen molar-refractivity contribution in [2.24, 2.45) is 0 Å². The molecule has 0 aliphatic carbocycles. The number of hydrogen-bond acceptors (Lipinski definition) is 2. The summed E-state index contributed by atoms with van der Waals surface area (Å²) >= 11 is 3.30. The summed E-state index contributed by atoms with van der Waals surface area (Å²) in [4.78, 5) is 12.2. The first-order valence-corrected chi connectivity index (χ1v) is 6.36. The van der Waals surface area contributed by atoms with Crippen molar-refractivity contribution in [3.05, 3.63) is 69.9 Å². The van der Waals surface area contributed by atoms with E-state index in [0.717, 1.165) is 10.5 Å². The molecule has 1 atom stereocenters. The van der Waals surface area contributed by atoms with Gasteiger partial charge in [0.15, 0.2) is 5.78 Å². The van der Waals surface area contributed by atoms with Crippen LogP contribution in [0.25, 0.3) is 0 Å². The molecule has 0 spiro atoms. The Labute approximate surface area is 118 Å². The lowest BCUT2D eigenvalue weighted by Crippen LogP contribution is -2.11. The predicted molar refractivity (Wildman–Crippen MR) is 73.2 cm³/mol. The summed E-state index contributed by atoms with van der Waals surface area (Å²) in [5.74, 6) is -1.82. The number of carbonyl (C=O) groups is 1. The molecule has 0 radical (unpaired) electrons. The van der Waals surface area contributed by atoms with E-state index in [0.29, 0.717) is 5.56 Å². The minimum absolute atomic E-state index is 0.200. The molecule has 0 saturated heterocycles. The molecule has 0 bridgehead atoms. The van der Waals surface area contributed by atoms with E-state index >= 15 is 0 Å². The van der Waals surface area contributed by atoms with E-state index in [1.165, 1.54) is 18.2 Å². The second-order valence-corrected chi connectivity index (χ2v) is 4.91. The van der Waals surface area contributed by atoms with Gasteiger partial charge >= 0.3 is 0 Å². The molecule has 0 aliphatic rings. The molecule has 0 fully saturated rings. The largest absolute Gasteiger partial charge is 0.292 e. The summed E-state index contributed by atoms with van der Waals surface area (Å²) < 4.78 is 13.9. The maximum atomic E-state index is 13.1. The van der Waals surface area contributed by atoms with E-state index in [4.69, 9.17) is 0 Å². The summed E-state index contributed by atoms with van der Waals surface area (Å²) in [7, 11) is 0. The Hall–Kier alpha value is -1.99. The van der Waals surface area contributed by atoms with Crippen LogP contribution < -0.4 is 0 Å². The Balaban J connectivity index is 2.38. The molecule has 2 rings (SSSR count). The summed E-state index contributed by atoms with van der Waals surface area (Å²) in [6.07, 6.45) is 0. The third-order valence-electron chi connectivity index (χ3n) is 2.68.